The molecule has 1 aromatic heterocycles. The molecular formula is C14H15BrN2O2S. The van der Waals surface area contributed by atoms with Gasteiger partial charge in [0, 0.05) is 16.4 Å². The normalized spacial score (nSPS) is 21.1. The third-order valence-electron chi connectivity index (χ3n) is 3.57. The van der Waals surface area contributed by atoms with Gasteiger partial charge in [0.2, 0.25) is 0 Å². The van der Waals surface area contributed by atoms with Crippen molar-refractivity contribution in [2.75, 3.05) is 23.4 Å². The largest absolute Gasteiger partial charge is 0.370 e. The van der Waals surface area contributed by atoms with Gasteiger partial charge in [-0.25, -0.2) is 13.4 Å². The number of sulfone groups is 1. The fraction of sp³-hybridized carbons (Fsp3) is 0.357. The van der Waals surface area contributed by atoms with Crippen LogP contribution in [0.4, 0.5) is 5.82 Å². The number of para-hydroxylation sites is 1. The van der Waals surface area contributed by atoms with Crippen LogP contribution in [0.3, 0.4) is 0 Å². The second-order valence-electron chi connectivity index (χ2n) is 5.16. The van der Waals surface area contributed by atoms with Crippen LogP contribution in [0.1, 0.15) is 6.42 Å². The van der Waals surface area contributed by atoms with Gasteiger partial charge in [-0.15, -0.1) is 0 Å². The van der Waals surface area contributed by atoms with Crippen molar-refractivity contribution >= 4 is 42.5 Å². The van der Waals surface area contributed by atoms with Gasteiger partial charge < -0.3 is 5.32 Å². The molecular weight excluding hydrogens is 340 g/mol. The molecule has 106 valence electrons. The van der Waals surface area contributed by atoms with Gasteiger partial charge in [0.05, 0.1) is 17.0 Å². The predicted octanol–water partition coefficient (Wildman–Crippen LogP) is 2.84. The number of nitrogens with one attached hydrogen (secondary N) is 1. The van der Waals surface area contributed by atoms with E-state index in [0.717, 1.165) is 27.6 Å². The van der Waals surface area contributed by atoms with Crippen molar-refractivity contribution in [3.8, 4) is 0 Å². The topological polar surface area (TPSA) is 59.1 Å². The lowest BCUT2D eigenvalue weighted by Gasteiger charge is -2.11. The van der Waals surface area contributed by atoms with Gasteiger partial charge >= 0.3 is 0 Å². The summed E-state index contributed by atoms with van der Waals surface area (Å²) in [5.74, 6) is 1.58. The van der Waals surface area contributed by atoms with Crippen molar-refractivity contribution in [3.63, 3.8) is 0 Å². The first-order valence-electron chi connectivity index (χ1n) is 6.53. The Labute approximate surface area is 126 Å². The van der Waals surface area contributed by atoms with Crippen molar-refractivity contribution in [3.05, 3.63) is 34.8 Å². The van der Waals surface area contributed by atoms with Crippen LogP contribution < -0.4 is 5.32 Å². The van der Waals surface area contributed by atoms with Crippen molar-refractivity contribution in [2.45, 2.75) is 6.42 Å². The molecule has 0 radical (unpaired) electrons. The van der Waals surface area contributed by atoms with E-state index in [1.54, 1.807) is 0 Å². The first-order chi connectivity index (χ1) is 9.53. The van der Waals surface area contributed by atoms with Crippen LogP contribution in [0.25, 0.3) is 10.9 Å². The third kappa shape index (κ3) is 2.96. The summed E-state index contributed by atoms with van der Waals surface area (Å²) in [5, 5.41) is 4.32. The molecule has 1 unspecified atom stereocenters. The van der Waals surface area contributed by atoms with Gasteiger partial charge in [-0.1, -0.05) is 12.1 Å². The van der Waals surface area contributed by atoms with Gasteiger partial charge in [0.1, 0.15) is 5.82 Å². The molecule has 1 fully saturated rings. The van der Waals surface area contributed by atoms with E-state index in [0.29, 0.717) is 12.3 Å². The Morgan fingerprint density at radius 1 is 1.30 bits per heavy atom. The molecule has 1 aromatic carbocycles. The predicted molar refractivity (Wildman–Crippen MR) is 84.7 cm³/mol. The van der Waals surface area contributed by atoms with Crippen LogP contribution in [0, 0.1) is 5.92 Å². The molecule has 2 heterocycles. The monoisotopic (exact) mass is 354 g/mol. The zero-order valence-electron chi connectivity index (χ0n) is 10.8. The molecule has 1 aliphatic rings. The maximum atomic E-state index is 11.4. The second-order valence-corrected chi connectivity index (χ2v) is 8.24. The highest BCUT2D eigenvalue weighted by Crippen LogP contribution is 2.24. The summed E-state index contributed by atoms with van der Waals surface area (Å²) in [7, 11) is -2.81. The van der Waals surface area contributed by atoms with E-state index in [1.165, 1.54) is 0 Å². The van der Waals surface area contributed by atoms with Gasteiger partial charge in [-0.05, 0) is 46.5 Å². The number of anilines is 1. The fourth-order valence-electron chi connectivity index (χ4n) is 2.49. The molecule has 6 heteroatoms. The van der Waals surface area contributed by atoms with E-state index in [9.17, 15) is 8.42 Å². The highest BCUT2D eigenvalue weighted by Gasteiger charge is 2.27. The second kappa shape index (κ2) is 5.33. The minimum Gasteiger partial charge on any atom is -0.370 e. The first kappa shape index (κ1) is 13.8. The molecule has 2 aromatic rings. The maximum Gasteiger partial charge on any atom is 0.150 e. The third-order valence-corrected chi connectivity index (χ3v) is 6.05. The van der Waals surface area contributed by atoms with E-state index in [-0.39, 0.29) is 11.7 Å². The number of rotatable bonds is 3. The standard InChI is InChI=1S/C14H15BrN2O2S/c15-12-3-1-2-11-4-5-13(17-14(11)12)16-8-10-6-7-20(18,19)9-10/h1-5,10H,6-9H2,(H,16,17). The van der Waals surface area contributed by atoms with Gasteiger partial charge in [0.15, 0.2) is 9.84 Å². The minimum atomic E-state index is -2.81. The van der Waals surface area contributed by atoms with Crippen molar-refractivity contribution in [2.24, 2.45) is 5.92 Å². The van der Waals surface area contributed by atoms with Gasteiger partial charge in [-0.2, -0.15) is 0 Å². The number of halogens is 1. The van der Waals surface area contributed by atoms with Crippen LogP contribution in [-0.4, -0.2) is 31.5 Å². The molecule has 4 nitrogen and oxygen atoms in total. The Hall–Kier alpha value is -1.14. The fourth-order valence-corrected chi connectivity index (χ4v) is 4.82. The van der Waals surface area contributed by atoms with Gasteiger partial charge in [0.25, 0.3) is 0 Å². The summed E-state index contributed by atoms with van der Waals surface area (Å²) in [5.41, 5.74) is 0.913. The summed E-state index contributed by atoms with van der Waals surface area (Å²) in [6.07, 6.45) is 0.743. The number of hydrogen-bond acceptors (Lipinski definition) is 4. The molecule has 1 aliphatic heterocycles. The Kier molecular flexibility index (Phi) is 3.69. The number of benzene rings is 1. The van der Waals surface area contributed by atoms with Crippen LogP contribution in [0.15, 0.2) is 34.8 Å². The molecule has 0 spiro atoms. The molecule has 1 atom stereocenters. The molecule has 0 amide bonds. The van der Waals surface area contributed by atoms with E-state index in [1.807, 2.05) is 30.3 Å². The highest BCUT2D eigenvalue weighted by molar-refractivity contribution is 9.10. The quantitative estimate of drug-likeness (QED) is 0.920. The lowest BCUT2D eigenvalue weighted by atomic mass is 10.1. The lowest BCUT2D eigenvalue weighted by Crippen LogP contribution is -2.16. The summed E-state index contributed by atoms with van der Waals surface area (Å²) in [6.45, 7) is 0.655. The Balaban J connectivity index is 1.74. The molecule has 0 saturated carbocycles. The summed E-state index contributed by atoms with van der Waals surface area (Å²) < 4.78 is 23.8. The SMILES string of the molecule is O=S1(=O)CCC(CNc2ccc3cccc(Br)c3n2)C1. The number of nitrogens with zero attached hydrogens (tertiary/aromatic N) is 1. The summed E-state index contributed by atoms with van der Waals surface area (Å²) >= 11 is 3.49. The maximum absolute atomic E-state index is 11.4. The molecule has 20 heavy (non-hydrogen) atoms. The average Bonchev–Trinajstić information content (AvgIpc) is 2.77. The first-order valence-corrected chi connectivity index (χ1v) is 9.14. The Morgan fingerprint density at radius 2 is 2.15 bits per heavy atom. The lowest BCUT2D eigenvalue weighted by molar-refractivity contribution is 0.595. The zero-order valence-corrected chi connectivity index (χ0v) is 13.2. The van der Waals surface area contributed by atoms with Crippen molar-refractivity contribution in [1.82, 2.24) is 4.98 Å². The summed E-state index contributed by atoms with van der Waals surface area (Å²) in [6, 6.07) is 9.90. The van der Waals surface area contributed by atoms with Gasteiger partial charge in [-0.3, -0.25) is 0 Å². The number of pyridine rings is 1. The number of aromatic nitrogens is 1. The average molecular weight is 355 g/mol. The van der Waals surface area contributed by atoms with E-state index < -0.39 is 9.84 Å². The molecule has 0 aliphatic carbocycles. The van der Waals surface area contributed by atoms with E-state index in [2.05, 4.69) is 26.2 Å². The number of fused-ring (bicyclic) bond motifs is 1. The van der Waals surface area contributed by atoms with Crippen LogP contribution in [0.2, 0.25) is 0 Å². The minimum absolute atomic E-state index is 0.191. The van der Waals surface area contributed by atoms with Crippen LogP contribution in [0.5, 0.6) is 0 Å². The van der Waals surface area contributed by atoms with Crippen molar-refractivity contribution < 1.29 is 8.42 Å². The van der Waals surface area contributed by atoms with Crippen LogP contribution in [-0.2, 0) is 9.84 Å². The number of hydrogen-bond donors (Lipinski definition) is 1. The molecule has 0 bridgehead atoms. The summed E-state index contributed by atoms with van der Waals surface area (Å²) in [4.78, 5) is 4.56. The zero-order chi connectivity index (χ0) is 14.2. The highest BCUT2D eigenvalue weighted by atomic mass is 79.9. The Bertz CT molecular complexity index is 746. The van der Waals surface area contributed by atoms with E-state index >= 15 is 0 Å². The molecule has 1 N–H and O–H groups in total. The smallest absolute Gasteiger partial charge is 0.150 e. The molecule has 3 rings (SSSR count). The van der Waals surface area contributed by atoms with Crippen molar-refractivity contribution in [1.29, 1.82) is 0 Å². The molecule has 1 saturated heterocycles. The van der Waals surface area contributed by atoms with Crippen LogP contribution >= 0.6 is 15.9 Å². The van der Waals surface area contributed by atoms with E-state index in [4.69, 9.17) is 0 Å². The Morgan fingerprint density at radius 3 is 2.90 bits per heavy atom.